The number of unbranched alkanes of at least 4 members (excludes halogenated alkanes) is 53. The smallest absolute Gasteiger partial charge is 0.463 e. The van der Waals surface area contributed by atoms with Crippen LogP contribution >= 0.6 is 7.82 Å². The minimum Gasteiger partial charge on any atom is -0.463 e. The summed E-state index contributed by atoms with van der Waals surface area (Å²) in [7, 11) is -5.81. The third-order valence-electron chi connectivity index (χ3n) is 23.8. The first-order valence-corrected chi connectivity index (χ1v) is 49.9. The van der Waals surface area contributed by atoms with Crippen molar-refractivity contribution in [3.63, 3.8) is 0 Å². The summed E-state index contributed by atoms with van der Waals surface area (Å²) in [6.07, 6.45) is 31.9. The SMILES string of the molecule is CCCCCC/C=C\CCCCCCCCCC(=O)OCC(COP(=O)(O)OC1C(OC2OC(CO)C(O)C(O)C2O)C(O)C(O)C(OC(=O)CCCCCCCCCCCCCCC)C1OC1OC(COC(=O)CCCCCCCCCCCCCCCCCC)C(O)C(O)C1O)OC(=O)CCCCCCCCCCCCCCCCCC. The molecule has 1 saturated carbocycles. The van der Waals surface area contributed by atoms with Crippen molar-refractivity contribution in [3.8, 4) is 0 Å². The molecule has 0 aromatic rings. The molecule has 3 aliphatic rings. The van der Waals surface area contributed by atoms with Gasteiger partial charge in [-0.25, -0.2) is 4.57 Å². The Balaban J connectivity index is 1.90. The van der Waals surface area contributed by atoms with Crippen LogP contribution in [0.4, 0.5) is 0 Å². The predicted molar refractivity (Wildman–Crippen MR) is 463 cm³/mol. The Labute approximate surface area is 718 Å². The second-order valence-corrected chi connectivity index (χ2v) is 36.0. The van der Waals surface area contributed by atoms with Crippen molar-refractivity contribution < 1.29 is 122 Å². The maximum absolute atomic E-state index is 14.9. The third-order valence-corrected chi connectivity index (χ3v) is 24.8. The number of rotatable bonds is 79. The van der Waals surface area contributed by atoms with Gasteiger partial charge in [0.2, 0.25) is 0 Å². The van der Waals surface area contributed by atoms with Crippen molar-refractivity contribution in [2.24, 2.45) is 0 Å². The molecule has 26 heteroatoms. The number of ether oxygens (including phenoxy) is 8. The fraction of sp³-hybridized carbons (Fsp3) is 0.935. The summed E-state index contributed by atoms with van der Waals surface area (Å²) in [5.74, 6) is -2.95. The summed E-state index contributed by atoms with van der Waals surface area (Å²) in [6, 6.07) is 0. The van der Waals surface area contributed by atoms with E-state index in [-0.39, 0.29) is 25.7 Å². The van der Waals surface area contributed by atoms with E-state index in [9.17, 15) is 74.6 Å². The van der Waals surface area contributed by atoms with Gasteiger partial charge in [0, 0.05) is 25.7 Å². The number of hydrogen-bond donors (Lipinski definition) is 10. The van der Waals surface area contributed by atoms with E-state index in [0.717, 1.165) is 148 Å². The van der Waals surface area contributed by atoms with Gasteiger partial charge >= 0.3 is 31.7 Å². The number of carbonyl (C=O) groups is 4. The van der Waals surface area contributed by atoms with Gasteiger partial charge in [-0.3, -0.25) is 28.2 Å². The Bertz CT molecular complexity index is 2520. The van der Waals surface area contributed by atoms with Crippen molar-refractivity contribution in [1.29, 1.82) is 0 Å². The van der Waals surface area contributed by atoms with Crippen LogP contribution < -0.4 is 0 Å². The van der Waals surface area contributed by atoms with Gasteiger partial charge in [-0.15, -0.1) is 0 Å². The second kappa shape index (κ2) is 72.3. The lowest BCUT2D eigenvalue weighted by Gasteiger charge is -2.50. The second-order valence-electron chi connectivity index (χ2n) is 34.6. The van der Waals surface area contributed by atoms with E-state index in [1.165, 1.54) is 193 Å². The molecule has 0 spiro atoms. The number of phosphoric ester groups is 1. The highest BCUT2D eigenvalue weighted by Crippen LogP contribution is 2.49. The highest BCUT2D eigenvalue weighted by molar-refractivity contribution is 7.47. The number of aliphatic hydroxyl groups is 9. The van der Waals surface area contributed by atoms with Gasteiger partial charge in [-0.1, -0.05) is 361 Å². The molecule has 25 nitrogen and oxygen atoms in total. The zero-order chi connectivity index (χ0) is 86.8. The van der Waals surface area contributed by atoms with Gasteiger partial charge in [-0.05, 0) is 51.4 Å². The van der Waals surface area contributed by atoms with E-state index in [0.29, 0.717) is 32.1 Å². The molecule has 18 unspecified atom stereocenters. The summed E-state index contributed by atoms with van der Waals surface area (Å²) < 4.78 is 73.5. The Morgan fingerprint density at radius 1 is 0.328 bits per heavy atom. The van der Waals surface area contributed by atoms with Gasteiger partial charge < -0.3 is 88.7 Å². The molecule has 2 heterocycles. The normalized spacial score (nSPS) is 24.8. The molecule has 1 aliphatic carbocycles. The lowest BCUT2D eigenvalue weighted by molar-refractivity contribution is -0.360. The third kappa shape index (κ3) is 52.2. The fourth-order valence-electron chi connectivity index (χ4n) is 16.1. The van der Waals surface area contributed by atoms with Gasteiger partial charge in [0.1, 0.15) is 92.6 Å². The fourth-order valence-corrected chi connectivity index (χ4v) is 17.0. The van der Waals surface area contributed by atoms with Crippen LogP contribution in [0.3, 0.4) is 0 Å². The average Bonchev–Trinajstić information content (AvgIpc) is 0.753. The van der Waals surface area contributed by atoms with Crippen molar-refractivity contribution >= 4 is 31.7 Å². The molecule has 0 aromatic carbocycles. The quantitative estimate of drug-likeness (QED) is 0.00889. The van der Waals surface area contributed by atoms with Gasteiger partial charge in [0.05, 0.1) is 13.2 Å². The number of hydrogen-bond acceptors (Lipinski definition) is 24. The van der Waals surface area contributed by atoms with Crippen LogP contribution in [0.5, 0.6) is 0 Å². The minimum atomic E-state index is -5.81. The van der Waals surface area contributed by atoms with E-state index >= 15 is 0 Å². The first-order valence-electron chi connectivity index (χ1n) is 48.4. The Hall–Kier alpha value is -2.79. The summed E-state index contributed by atoms with van der Waals surface area (Å²) in [6.45, 7) is 5.62. The maximum atomic E-state index is 14.9. The van der Waals surface area contributed by atoms with Crippen LogP contribution in [0, 0.1) is 0 Å². The molecule has 0 amide bonds. The molecule has 3 rings (SSSR count). The molecule has 10 N–H and O–H groups in total. The minimum absolute atomic E-state index is 0.0193. The lowest BCUT2D eigenvalue weighted by atomic mass is 9.84. The van der Waals surface area contributed by atoms with Crippen LogP contribution in [-0.2, 0) is 70.7 Å². The first-order chi connectivity index (χ1) is 57.7. The van der Waals surface area contributed by atoms with E-state index in [4.69, 9.17) is 46.9 Å². The molecular formula is C93H173O25P. The molecule has 2 saturated heterocycles. The molecule has 3 fully saturated rings. The van der Waals surface area contributed by atoms with Gasteiger partial charge in [0.25, 0.3) is 0 Å². The number of aliphatic hydroxyl groups excluding tert-OH is 9. The van der Waals surface area contributed by atoms with Crippen molar-refractivity contribution in [2.45, 2.75) is 530 Å². The van der Waals surface area contributed by atoms with Crippen LogP contribution in [0.15, 0.2) is 12.2 Å². The maximum Gasteiger partial charge on any atom is 0.472 e. The summed E-state index contributed by atoms with van der Waals surface area (Å²) >= 11 is 0. The van der Waals surface area contributed by atoms with Gasteiger partial charge in [-0.2, -0.15) is 0 Å². The summed E-state index contributed by atoms with van der Waals surface area (Å²) in [5.41, 5.74) is 0. The van der Waals surface area contributed by atoms with Crippen LogP contribution in [-0.4, -0.2) is 205 Å². The lowest BCUT2D eigenvalue weighted by Crippen LogP contribution is -2.70. The standard InChI is InChI=1S/C93H173O25P/c1-5-9-13-17-21-25-29-33-36-39-43-46-50-54-58-62-66-77(96)110-72-75-81(100)83(102)87(106)93(114-75)117-90-88(115-79(98)68-64-60-56-52-47-41-32-28-24-20-16-12-8-4)84(103)85(104)89(116-92-86(105)82(101)80(99)74(69-94)113-92)91(90)118-119(107,108)111-71-73(70-109-76(95)65-61-57-53-49-45-42-38-35-31-27-23-19-15-11-7-3)112-78(97)67-63-59-55-51-48-44-40-37-34-30-26-22-18-14-10-6-2/h27,31,73-75,80-94,99-106H,5-26,28-30,32-72H2,1-4H3,(H,107,108)/b31-27-. The number of phosphoric acid groups is 1. The highest BCUT2D eigenvalue weighted by Gasteiger charge is 2.60. The molecule has 700 valence electrons. The zero-order valence-corrected chi connectivity index (χ0v) is 75.6. The topological polar surface area (TPSA) is 380 Å². The monoisotopic (exact) mass is 1720 g/mol. The largest absolute Gasteiger partial charge is 0.472 e. The Morgan fingerprint density at radius 3 is 1.01 bits per heavy atom. The zero-order valence-electron chi connectivity index (χ0n) is 74.7. The number of carbonyl (C=O) groups excluding carboxylic acids is 4. The Morgan fingerprint density at radius 2 is 0.630 bits per heavy atom. The molecule has 18 atom stereocenters. The van der Waals surface area contributed by atoms with E-state index in [1.54, 1.807) is 0 Å². The van der Waals surface area contributed by atoms with E-state index < -0.39 is 162 Å². The van der Waals surface area contributed by atoms with Crippen molar-refractivity contribution in [1.82, 2.24) is 0 Å². The molecule has 0 bridgehead atoms. The van der Waals surface area contributed by atoms with E-state index in [1.807, 2.05) is 0 Å². The number of esters is 4. The Kier molecular flexibility index (Phi) is 67.0. The predicted octanol–water partition coefficient (Wildman–Crippen LogP) is 18.3. The van der Waals surface area contributed by atoms with Crippen LogP contribution in [0.1, 0.15) is 426 Å². The first kappa shape index (κ1) is 110. The van der Waals surface area contributed by atoms with E-state index in [2.05, 4.69) is 39.8 Å². The average molecular weight is 1720 g/mol. The molecule has 119 heavy (non-hydrogen) atoms. The van der Waals surface area contributed by atoms with Gasteiger partial charge in [0.15, 0.2) is 24.8 Å². The molecule has 0 aromatic heterocycles. The van der Waals surface area contributed by atoms with Crippen molar-refractivity contribution in [3.05, 3.63) is 12.2 Å². The molecule has 2 aliphatic heterocycles. The van der Waals surface area contributed by atoms with Crippen molar-refractivity contribution in [2.75, 3.05) is 26.4 Å². The highest BCUT2D eigenvalue weighted by atomic mass is 31.2. The van der Waals surface area contributed by atoms with Crippen LogP contribution in [0.2, 0.25) is 0 Å². The number of allylic oxidation sites excluding steroid dienone is 2. The summed E-state index contributed by atoms with van der Waals surface area (Å²) in [5, 5.41) is 102. The molecular weight excluding hydrogens is 1550 g/mol. The summed E-state index contributed by atoms with van der Waals surface area (Å²) in [4.78, 5) is 66.5. The molecule has 0 radical (unpaired) electrons. The van der Waals surface area contributed by atoms with Crippen LogP contribution in [0.25, 0.3) is 0 Å².